The lowest BCUT2D eigenvalue weighted by Gasteiger charge is -2.10. The molecule has 5 heteroatoms. The number of fused-ring (bicyclic) bond motifs is 2. The van der Waals surface area contributed by atoms with Gasteiger partial charge in [-0.1, -0.05) is 67.9 Å². The van der Waals surface area contributed by atoms with Crippen LogP contribution in [0.1, 0.15) is 35.7 Å². The van der Waals surface area contributed by atoms with E-state index in [1.54, 1.807) is 12.1 Å². The van der Waals surface area contributed by atoms with Crippen LogP contribution in [0.25, 0.3) is 33.3 Å². The van der Waals surface area contributed by atoms with E-state index in [0.29, 0.717) is 28.1 Å². The molecule has 158 valence electrons. The molecule has 1 N–H and O–H groups in total. The lowest BCUT2D eigenvalue weighted by atomic mass is 10.0. The number of benzene rings is 4. The fraction of sp³-hybridized carbons (Fsp3) is 0.111. The Morgan fingerprint density at radius 1 is 0.969 bits per heavy atom. The van der Waals surface area contributed by atoms with E-state index in [2.05, 4.69) is 30.2 Å². The number of amides is 1. The number of aromatic nitrogens is 1. The van der Waals surface area contributed by atoms with Crippen molar-refractivity contribution < 1.29 is 9.21 Å². The zero-order valence-corrected chi connectivity index (χ0v) is 18.5. The Morgan fingerprint density at radius 3 is 2.62 bits per heavy atom. The third-order valence-electron chi connectivity index (χ3n) is 5.57. The van der Waals surface area contributed by atoms with Gasteiger partial charge in [0.15, 0.2) is 5.58 Å². The van der Waals surface area contributed by atoms with E-state index < -0.39 is 0 Å². The first kappa shape index (κ1) is 20.3. The molecular formula is C27H21ClN2O2. The molecule has 0 atom stereocenters. The Morgan fingerprint density at radius 2 is 1.78 bits per heavy atom. The van der Waals surface area contributed by atoms with Gasteiger partial charge in [0.1, 0.15) is 5.52 Å². The molecule has 5 aromatic rings. The van der Waals surface area contributed by atoms with E-state index in [4.69, 9.17) is 16.0 Å². The Kier molecular flexibility index (Phi) is 5.16. The third kappa shape index (κ3) is 3.74. The zero-order valence-electron chi connectivity index (χ0n) is 17.7. The van der Waals surface area contributed by atoms with Crippen LogP contribution in [0.4, 0.5) is 5.69 Å². The summed E-state index contributed by atoms with van der Waals surface area (Å²) in [4.78, 5) is 17.7. The fourth-order valence-electron chi connectivity index (χ4n) is 3.79. The quantitative estimate of drug-likeness (QED) is 0.312. The first-order chi connectivity index (χ1) is 15.5. The van der Waals surface area contributed by atoms with Crippen LogP contribution in [-0.2, 0) is 0 Å². The minimum absolute atomic E-state index is 0.222. The zero-order chi connectivity index (χ0) is 22.2. The second kappa shape index (κ2) is 8.13. The van der Waals surface area contributed by atoms with Crippen LogP contribution in [0.5, 0.6) is 0 Å². The van der Waals surface area contributed by atoms with E-state index in [0.717, 1.165) is 27.4 Å². The van der Waals surface area contributed by atoms with Crippen LogP contribution in [0.15, 0.2) is 83.3 Å². The van der Waals surface area contributed by atoms with Gasteiger partial charge in [0.25, 0.3) is 5.91 Å². The van der Waals surface area contributed by atoms with Crippen molar-refractivity contribution in [2.24, 2.45) is 0 Å². The van der Waals surface area contributed by atoms with Gasteiger partial charge in [0.05, 0.1) is 10.7 Å². The molecule has 0 saturated carbocycles. The topological polar surface area (TPSA) is 55.1 Å². The summed E-state index contributed by atoms with van der Waals surface area (Å²) in [5.74, 6) is 0.671. The van der Waals surface area contributed by atoms with Gasteiger partial charge < -0.3 is 9.73 Å². The van der Waals surface area contributed by atoms with E-state index in [9.17, 15) is 4.79 Å². The Bertz CT molecular complexity index is 1460. The van der Waals surface area contributed by atoms with Crippen molar-refractivity contribution in [2.45, 2.75) is 19.8 Å². The van der Waals surface area contributed by atoms with Crippen molar-refractivity contribution in [1.29, 1.82) is 0 Å². The molecule has 0 unspecified atom stereocenters. The number of hydrogen-bond donors (Lipinski definition) is 1. The second-order valence-electron chi connectivity index (χ2n) is 8.08. The van der Waals surface area contributed by atoms with E-state index in [1.807, 2.05) is 60.7 Å². The van der Waals surface area contributed by atoms with Gasteiger partial charge in [-0.3, -0.25) is 4.79 Å². The normalized spacial score (nSPS) is 11.4. The number of oxazole rings is 1. The lowest BCUT2D eigenvalue weighted by Crippen LogP contribution is -2.12. The number of hydrogen-bond acceptors (Lipinski definition) is 3. The van der Waals surface area contributed by atoms with Crippen LogP contribution in [-0.4, -0.2) is 10.9 Å². The van der Waals surface area contributed by atoms with Gasteiger partial charge in [0.2, 0.25) is 5.89 Å². The van der Waals surface area contributed by atoms with Crippen LogP contribution >= 0.6 is 11.6 Å². The lowest BCUT2D eigenvalue weighted by molar-refractivity contribution is 0.102. The minimum atomic E-state index is -0.222. The Hall–Kier alpha value is -3.63. The largest absolute Gasteiger partial charge is 0.436 e. The summed E-state index contributed by atoms with van der Waals surface area (Å²) in [6, 6.07) is 24.9. The molecule has 0 radical (unpaired) electrons. The fourth-order valence-corrected chi connectivity index (χ4v) is 3.96. The summed E-state index contributed by atoms with van der Waals surface area (Å²) in [6.07, 6.45) is 0. The number of halogens is 1. The van der Waals surface area contributed by atoms with Crippen molar-refractivity contribution in [2.75, 3.05) is 5.32 Å². The van der Waals surface area contributed by atoms with E-state index in [-0.39, 0.29) is 5.91 Å². The van der Waals surface area contributed by atoms with Crippen molar-refractivity contribution in [3.63, 3.8) is 0 Å². The monoisotopic (exact) mass is 440 g/mol. The average molecular weight is 441 g/mol. The molecule has 32 heavy (non-hydrogen) atoms. The summed E-state index contributed by atoms with van der Waals surface area (Å²) in [5, 5.41) is 5.29. The molecule has 0 aliphatic heterocycles. The molecule has 1 aromatic heterocycles. The SMILES string of the molecule is CC(C)c1ccc2oc(-c3ccc(Cl)c(NC(=O)c4cccc5ccccc45)c3)nc2c1. The molecule has 0 saturated heterocycles. The van der Waals surface area contributed by atoms with E-state index >= 15 is 0 Å². The van der Waals surface area contributed by atoms with Crippen LogP contribution in [0, 0.1) is 0 Å². The van der Waals surface area contributed by atoms with Gasteiger partial charge in [-0.25, -0.2) is 4.98 Å². The number of nitrogens with zero attached hydrogens (tertiary/aromatic N) is 1. The molecule has 0 spiro atoms. The van der Waals surface area contributed by atoms with Gasteiger partial charge in [-0.15, -0.1) is 0 Å². The summed E-state index contributed by atoms with van der Waals surface area (Å²) < 4.78 is 5.96. The van der Waals surface area contributed by atoms with Crippen molar-refractivity contribution in [1.82, 2.24) is 4.98 Å². The van der Waals surface area contributed by atoms with Crippen LogP contribution < -0.4 is 5.32 Å². The van der Waals surface area contributed by atoms with Gasteiger partial charge >= 0.3 is 0 Å². The molecule has 1 amide bonds. The molecular weight excluding hydrogens is 420 g/mol. The Balaban J connectivity index is 1.49. The highest BCUT2D eigenvalue weighted by atomic mass is 35.5. The first-order valence-electron chi connectivity index (χ1n) is 10.5. The summed E-state index contributed by atoms with van der Waals surface area (Å²) in [6.45, 7) is 4.29. The second-order valence-corrected chi connectivity index (χ2v) is 8.48. The summed E-state index contributed by atoms with van der Waals surface area (Å²) in [5.41, 5.74) is 4.57. The molecule has 1 heterocycles. The van der Waals surface area contributed by atoms with Crippen LogP contribution in [0.2, 0.25) is 5.02 Å². The standard InChI is InChI=1S/C27H21ClN2O2/c1-16(2)18-11-13-25-24(14-18)30-27(32-25)19-10-12-22(28)23(15-19)29-26(31)21-9-5-7-17-6-3-4-8-20(17)21/h3-16H,1-2H3,(H,29,31). The van der Waals surface area contributed by atoms with Gasteiger partial charge in [-0.05, 0) is 58.7 Å². The number of anilines is 1. The molecule has 0 bridgehead atoms. The van der Waals surface area contributed by atoms with Crippen molar-refractivity contribution in [3.05, 3.63) is 95.0 Å². The number of carbonyl (C=O) groups is 1. The van der Waals surface area contributed by atoms with Crippen LogP contribution in [0.3, 0.4) is 0 Å². The third-order valence-corrected chi connectivity index (χ3v) is 5.90. The summed E-state index contributed by atoms with van der Waals surface area (Å²) >= 11 is 6.40. The maximum atomic E-state index is 13.1. The summed E-state index contributed by atoms with van der Waals surface area (Å²) in [7, 11) is 0. The highest BCUT2D eigenvalue weighted by Crippen LogP contribution is 2.32. The van der Waals surface area contributed by atoms with E-state index in [1.165, 1.54) is 5.56 Å². The molecule has 0 fully saturated rings. The molecule has 4 aromatic carbocycles. The van der Waals surface area contributed by atoms with Crippen molar-refractivity contribution >= 4 is 45.1 Å². The molecule has 0 aliphatic carbocycles. The number of carbonyl (C=O) groups excluding carboxylic acids is 1. The predicted octanol–water partition coefficient (Wildman–Crippen LogP) is 7.68. The van der Waals surface area contributed by atoms with Crippen molar-refractivity contribution in [3.8, 4) is 11.5 Å². The molecule has 4 nitrogen and oxygen atoms in total. The predicted molar refractivity (Wildman–Crippen MR) is 130 cm³/mol. The highest BCUT2D eigenvalue weighted by molar-refractivity contribution is 6.34. The van der Waals surface area contributed by atoms with Gasteiger partial charge in [-0.2, -0.15) is 0 Å². The van der Waals surface area contributed by atoms with Gasteiger partial charge in [0, 0.05) is 11.1 Å². The Labute approximate surface area is 190 Å². The maximum absolute atomic E-state index is 13.1. The maximum Gasteiger partial charge on any atom is 0.256 e. The number of rotatable bonds is 4. The smallest absolute Gasteiger partial charge is 0.256 e. The average Bonchev–Trinajstić information content (AvgIpc) is 3.23. The number of nitrogens with one attached hydrogen (secondary N) is 1. The molecule has 5 rings (SSSR count). The minimum Gasteiger partial charge on any atom is -0.436 e. The first-order valence-corrected chi connectivity index (χ1v) is 10.9. The molecule has 0 aliphatic rings. The highest BCUT2D eigenvalue weighted by Gasteiger charge is 2.15.